The highest BCUT2D eigenvalue weighted by molar-refractivity contribution is 7.89. The number of aromatic nitrogens is 2. The average Bonchev–Trinajstić information content (AvgIpc) is 2.96. The molecule has 0 aliphatic rings. The molecule has 0 spiro atoms. The molecular formula is C16H15N3O2S. The molecule has 3 aromatic rings. The fraction of sp³-hybridized carbons (Fsp3) is 0.0625. The van der Waals surface area contributed by atoms with Gasteiger partial charge in [0.2, 0.25) is 10.0 Å². The van der Waals surface area contributed by atoms with E-state index in [1.807, 2.05) is 31.2 Å². The molecule has 2 N–H and O–H groups in total. The van der Waals surface area contributed by atoms with Gasteiger partial charge in [0.15, 0.2) is 0 Å². The van der Waals surface area contributed by atoms with E-state index in [1.165, 1.54) is 6.07 Å². The van der Waals surface area contributed by atoms with Crippen LogP contribution in [-0.4, -0.2) is 18.0 Å². The van der Waals surface area contributed by atoms with Gasteiger partial charge in [-0.2, -0.15) is 0 Å². The van der Waals surface area contributed by atoms with Gasteiger partial charge in [-0.3, -0.25) is 4.98 Å². The van der Waals surface area contributed by atoms with Gasteiger partial charge in [0, 0.05) is 12.4 Å². The first kappa shape index (κ1) is 14.5. The number of pyridine rings is 1. The minimum atomic E-state index is -3.81. The average molecular weight is 313 g/mol. The molecule has 0 aliphatic carbocycles. The second-order valence-corrected chi connectivity index (χ2v) is 6.53. The molecule has 0 radical (unpaired) electrons. The molecule has 0 aliphatic heterocycles. The Morgan fingerprint density at radius 3 is 2.50 bits per heavy atom. The Morgan fingerprint density at radius 1 is 1.05 bits per heavy atom. The van der Waals surface area contributed by atoms with Crippen molar-refractivity contribution >= 4 is 10.0 Å². The highest BCUT2D eigenvalue weighted by atomic mass is 32.2. The lowest BCUT2D eigenvalue weighted by Crippen LogP contribution is -2.15. The number of sulfonamides is 1. The second kappa shape index (κ2) is 5.40. The van der Waals surface area contributed by atoms with Gasteiger partial charge in [0.25, 0.3) is 0 Å². The zero-order valence-electron chi connectivity index (χ0n) is 12.0. The number of nitrogens with two attached hydrogens (primary N) is 1. The lowest BCUT2D eigenvalue weighted by Gasteiger charge is -2.12. The topological polar surface area (TPSA) is 78.0 Å². The summed E-state index contributed by atoms with van der Waals surface area (Å²) in [5.41, 5.74) is 3.13. The van der Waals surface area contributed by atoms with Gasteiger partial charge >= 0.3 is 0 Å². The van der Waals surface area contributed by atoms with Gasteiger partial charge in [-0.25, -0.2) is 13.6 Å². The summed E-state index contributed by atoms with van der Waals surface area (Å²) >= 11 is 0. The normalized spacial score (nSPS) is 11.5. The Bertz CT molecular complexity index is 913. The second-order valence-electron chi connectivity index (χ2n) is 5.00. The highest BCUT2D eigenvalue weighted by Gasteiger charge is 2.16. The van der Waals surface area contributed by atoms with Gasteiger partial charge < -0.3 is 4.57 Å². The Balaban J connectivity index is 2.20. The van der Waals surface area contributed by atoms with E-state index in [2.05, 4.69) is 4.98 Å². The van der Waals surface area contributed by atoms with Crippen LogP contribution in [0.2, 0.25) is 0 Å². The fourth-order valence-electron chi connectivity index (χ4n) is 2.32. The monoisotopic (exact) mass is 313 g/mol. The largest absolute Gasteiger partial charge is 0.314 e. The van der Waals surface area contributed by atoms with Crippen molar-refractivity contribution in [2.24, 2.45) is 5.14 Å². The number of aryl methyl sites for hydroxylation is 1. The van der Waals surface area contributed by atoms with Crippen molar-refractivity contribution < 1.29 is 8.42 Å². The smallest absolute Gasteiger partial charge is 0.240 e. The Hall–Kier alpha value is -2.44. The summed E-state index contributed by atoms with van der Waals surface area (Å²) in [6.45, 7) is 1.96. The van der Waals surface area contributed by atoms with E-state index in [4.69, 9.17) is 5.14 Å². The first-order valence-corrected chi connectivity index (χ1v) is 8.24. The summed E-state index contributed by atoms with van der Waals surface area (Å²) in [4.78, 5) is 4.48. The molecule has 2 aromatic heterocycles. The summed E-state index contributed by atoms with van der Waals surface area (Å²) in [5, 5.41) is 5.32. The van der Waals surface area contributed by atoms with Crippen LogP contribution in [0.5, 0.6) is 0 Å². The maximum absolute atomic E-state index is 11.8. The Kier molecular flexibility index (Phi) is 3.56. The zero-order chi connectivity index (χ0) is 15.7. The molecule has 0 unspecified atom stereocenters. The minimum absolute atomic E-state index is 0.0829. The van der Waals surface area contributed by atoms with Gasteiger partial charge in [-0.15, -0.1) is 0 Å². The van der Waals surface area contributed by atoms with Crippen LogP contribution in [0, 0.1) is 6.92 Å². The van der Waals surface area contributed by atoms with Crippen LogP contribution in [0.1, 0.15) is 5.56 Å². The number of para-hydroxylation sites is 1. The molecule has 0 amide bonds. The summed E-state index contributed by atoms with van der Waals surface area (Å²) in [5.74, 6) is 0. The molecule has 0 saturated carbocycles. The number of benzene rings is 1. The number of hydrogen-bond acceptors (Lipinski definition) is 3. The molecule has 0 saturated heterocycles. The molecule has 1 aromatic carbocycles. The predicted molar refractivity (Wildman–Crippen MR) is 85.1 cm³/mol. The maximum atomic E-state index is 11.8. The number of nitrogens with zero attached hydrogens (tertiary/aromatic N) is 2. The Morgan fingerprint density at radius 2 is 1.82 bits per heavy atom. The number of rotatable bonds is 3. The lowest BCUT2D eigenvalue weighted by atomic mass is 10.2. The Labute approximate surface area is 129 Å². The molecule has 2 heterocycles. The van der Waals surface area contributed by atoms with Crippen LogP contribution in [0.4, 0.5) is 0 Å². The zero-order valence-corrected chi connectivity index (χ0v) is 12.8. The molecule has 112 valence electrons. The van der Waals surface area contributed by atoms with Crippen LogP contribution in [0.15, 0.2) is 65.8 Å². The lowest BCUT2D eigenvalue weighted by molar-refractivity contribution is 0.597. The van der Waals surface area contributed by atoms with Crippen LogP contribution < -0.4 is 5.14 Å². The third-order valence-electron chi connectivity index (χ3n) is 3.35. The van der Waals surface area contributed by atoms with E-state index in [-0.39, 0.29) is 4.90 Å². The predicted octanol–water partition coefficient (Wildman–Crippen LogP) is 2.50. The van der Waals surface area contributed by atoms with Gasteiger partial charge in [-0.05, 0) is 42.8 Å². The molecule has 6 heteroatoms. The molecular weight excluding hydrogens is 298 g/mol. The van der Waals surface area contributed by atoms with E-state index in [1.54, 1.807) is 35.2 Å². The third kappa shape index (κ3) is 2.66. The van der Waals surface area contributed by atoms with E-state index in [0.29, 0.717) is 5.69 Å². The quantitative estimate of drug-likeness (QED) is 0.807. The van der Waals surface area contributed by atoms with Crippen molar-refractivity contribution in [3.8, 4) is 17.1 Å². The molecule has 0 bridgehead atoms. The summed E-state index contributed by atoms with van der Waals surface area (Å²) < 4.78 is 25.4. The standard InChI is InChI=1S/C16H15N3O2S/c1-12-8-9-13(18-11-12)14-6-4-10-19(14)15-5-2-3-7-16(15)22(17,20)21/h2-11H,1H3,(H2,17,20,21). The molecule has 3 rings (SSSR count). The van der Waals surface area contributed by atoms with Crippen molar-refractivity contribution in [1.82, 2.24) is 9.55 Å². The van der Waals surface area contributed by atoms with E-state index in [9.17, 15) is 8.42 Å². The van der Waals surface area contributed by atoms with E-state index in [0.717, 1.165) is 17.0 Å². The van der Waals surface area contributed by atoms with Crippen molar-refractivity contribution in [2.45, 2.75) is 11.8 Å². The summed E-state index contributed by atoms with van der Waals surface area (Å²) in [7, 11) is -3.81. The molecule has 5 nitrogen and oxygen atoms in total. The third-order valence-corrected chi connectivity index (χ3v) is 4.31. The van der Waals surface area contributed by atoms with E-state index >= 15 is 0 Å². The summed E-state index contributed by atoms with van der Waals surface area (Å²) in [6, 6.07) is 14.2. The van der Waals surface area contributed by atoms with Crippen LogP contribution >= 0.6 is 0 Å². The number of primary sulfonamides is 1. The summed E-state index contributed by atoms with van der Waals surface area (Å²) in [6.07, 6.45) is 3.57. The van der Waals surface area contributed by atoms with Crippen LogP contribution in [-0.2, 0) is 10.0 Å². The van der Waals surface area contributed by atoms with Crippen LogP contribution in [0.3, 0.4) is 0 Å². The SMILES string of the molecule is Cc1ccc(-c2cccn2-c2ccccc2S(N)(=O)=O)nc1. The highest BCUT2D eigenvalue weighted by Crippen LogP contribution is 2.26. The molecule has 0 fully saturated rings. The molecule has 22 heavy (non-hydrogen) atoms. The van der Waals surface area contributed by atoms with Crippen molar-refractivity contribution in [3.63, 3.8) is 0 Å². The van der Waals surface area contributed by atoms with Gasteiger partial charge in [0.05, 0.1) is 17.1 Å². The number of hydrogen-bond donors (Lipinski definition) is 1. The van der Waals surface area contributed by atoms with E-state index < -0.39 is 10.0 Å². The first-order chi connectivity index (χ1) is 10.5. The van der Waals surface area contributed by atoms with Crippen molar-refractivity contribution in [2.75, 3.05) is 0 Å². The van der Waals surface area contributed by atoms with Gasteiger partial charge in [-0.1, -0.05) is 18.2 Å². The van der Waals surface area contributed by atoms with Crippen molar-refractivity contribution in [1.29, 1.82) is 0 Å². The van der Waals surface area contributed by atoms with Crippen LogP contribution in [0.25, 0.3) is 17.1 Å². The maximum Gasteiger partial charge on any atom is 0.240 e. The first-order valence-electron chi connectivity index (χ1n) is 6.69. The fourth-order valence-corrected chi connectivity index (χ4v) is 3.04. The minimum Gasteiger partial charge on any atom is -0.314 e. The van der Waals surface area contributed by atoms with Gasteiger partial charge in [0.1, 0.15) is 4.90 Å². The van der Waals surface area contributed by atoms with Crippen molar-refractivity contribution in [3.05, 3.63) is 66.5 Å². The molecule has 0 atom stereocenters.